The van der Waals surface area contributed by atoms with E-state index >= 15 is 0 Å². The lowest BCUT2D eigenvalue weighted by molar-refractivity contribution is 1.17. The normalized spacial score (nSPS) is 10.2. The van der Waals surface area contributed by atoms with Crippen LogP contribution in [0.5, 0.6) is 0 Å². The number of hydrogen-bond acceptors (Lipinski definition) is 2. The van der Waals surface area contributed by atoms with E-state index < -0.39 is 0 Å². The second-order valence-corrected chi connectivity index (χ2v) is 2.17. The molecule has 0 saturated carbocycles. The molecule has 2 rings (SSSR count). The Hall–Kier alpha value is -1.64. The van der Waals surface area contributed by atoms with E-state index in [1.807, 2.05) is 0 Å². The number of aromatic amines is 1. The summed E-state index contributed by atoms with van der Waals surface area (Å²) in [5.41, 5.74) is 0.570. The third kappa shape index (κ3) is 0.902. The fourth-order valence-electron chi connectivity index (χ4n) is 0.959. The molecule has 0 saturated heterocycles. The van der Waals surface area contributed by atoms with E-state index in [1.165, 1.54) is 6.33 Å². The van der Waals surface area contributed by atoms with E-state index in [4.69, 9.17) is 0 Å². The quantitative estimate of drug-likeness (QED) is 0.593. The Morgan fingerprint density at radius 2 is 2.45 bits per heavy atom. The lowest BCUT2D eigenvalue weighted by Gasteiger charge is -1.90. The predicted molar refractivity (Wildman–Crippen MR) is 41.2 cm³/mol. The van der Waals surface area contributed by atoms with Gasteiger partial charge in [0, 0.05) is 0 Å². The van der Waals surface area contributed by atoms with Crippen molar-refractivity contribution in [2.45, 2.75) is 0 Å². The monoisotopic (exact) mass is 145 g/mol. The van der Waals surface area contributed by atoms with Crippen LogP contribution in [-0.2, 0) is 0 Å². The molecule has 53 valence electrons. The number of nitrogens with zero attached hydrogens (tertiary/aromatic N) is 1. The highest BCUT2D eigenvalue weighted by Gasteiger charge is 1.94. The van der Waals surface area contributed by atoms with Crippen LogP contribution >= 0.6 is 0 Å². The summed E-state index contributed by atoms with van der Waals surface area (Å²) < 4.78 is 0. The van der Waals surface area contributed by atoms with E-state index in [-0.39, 0.29) is 5.56 Å². The first-order chi connectivity index (χ1) is 5.38. The lowest BCUT2D eigenvalue weighted by Crippen LogP contribution is -2.05. The summed E-state index contributed by atoms with van der Waals surface area (Å²) in [6.07, 6.45) is 1.39. The maximum absolute atomic E-state index is 11.1. The molecule has 0 fully saturated rings. The number of benzene rings is 1. The molecule has 0 aliphatic rings. The Kier molecular flexibility index (Phi) is 1.22. The fourth-order valence-corrected chi connectivity index (χ4v) is 0.959. The summed E-state index contributed by atoms with van der Waals surface area (Å²) in [4.78, 5) is 17.5. The van der Waals surface area contributed by atoms with Crippen molar-refractivity contribution in [2.75, 3.05) is 0 Å². The zero-order chi connectivity index (χ0) is 7.68. The molecule has 3 heteroatoms. The highest BCUT2D eigenvalue weighted by Crippen LogP contribution is 2.01. The minimum Gasteiger partial charge on any atom is -0.313 e. The molecule has 2 aromatic rings. The van der Waals surface area contributed by atoms with Crippen LogP contribution in [0.2, 0.25) is 0 Å². The second-order valence-electron chi connectivity index (χ2n) is 2.17. The van der Waals surface area contributed by atoms with Gasteiger partial charge in [-0.3, -0.25) is 4.79 Å². The van der Waals surface area contributed by atoms with Crippen LogP contribution in [0.4, 0.5) is 0 Å². The topological polar surface area (TPSA) is 45.8 Å². The van der Waals surface area contributed by atoms with Crippen LogP contribution in [0.15, 0.2) is 29.3 Å². The Bertz CT molecular complexity index is 428. The first-order valence-electron chi connectivity index (χ1n) is 3.21. The molecule has 1 aromatic carbocycles. The molecule has 0 atom stereocenters. The average Bonchev–Trinajstić information content (AvgIpc) is 2.06. The van der Waals surface area contributed by atoms with Gasteiger partial charge in [0.2, 0.25) is 0 Å². The third-order valence-corrected chi connectivity index (χ3v) is 1.49. The summed E-state index contributed by atoms with van der Waals surface area (Å²) >= 11 is 0. The smallest absolute Gasteiger partial charge is 0.258 e. The molecule has 0 aliphatic heterocycles. The van der Waals surface area contributed by atoms with Crippen LogP contribution in [-0.4, -0.2) is 9.97 Å². The van der Waals surface area contributed by atoms with E-state index in [0.717, 1.165) is 0 Å². The molecule has 1 N–H and O–H groups in total. The van der Waals surface area contributed by atoms with E-state index in [1.54, 1.807) is 18.2 Å². The zero-order valence-electron chi connectivity index (χ0n) is 5.66. The fraction of sp³-hybridized carbons (Fsp3) is 0. The molecule has 1 heterocycles. The van der Waals surface area contributed by atoms with Crippen LogP contribution in [0.1, 0.15) is 0 Å². The molecule has 0 amide bonds. The van der Waals surface area contributed by atoms with Crippen molar-refractivity contribution in [1.29, 1.82) is 0 Å². The summed E-state index contributed by atoms with van der Waals surface area (Å²) in [7, 11) is 0. The van der Waals surface area contributed by atoms with Crippen LogP contribution < -0.4 is 5.56 Å². The van der Waals surface area contributed by atoms with Crippen molar-refractivity contribution in [3.8, 4) is 0 Å². The molecule has 0 spiro atoms. The Balaban J connectivity index is 3.03. The number of aromatic nitrogens is 2. The van der Waals surface area contributed by atoms with Gasteiger partial charge >= 0.3 is 0 Å². The molecule has 3 nitrogen and oxygen atoms in total. The molecule has 1 radical (unpaired) electrons. The van der Waals surface area contributed by atoms with Crippen molar-refractivity contribution in [1.82, 2.24) is 9.97 Å². The molecule has 1 aromatic heterocycles. The van der Waals surface area contributed by atoms with Gasteiger partial charge in [-0.15, -0.1) is 0 Å². The van der Waals surface area contributed by atoms with E-state index in [0.29, 0.717) is 10.9 Å². The van der Waals surface area contributed by atoms with Gasteiger partial charge in [-0.25, -0.2) is 4.98 Å². The molecular weight excluding hydrogens is 140 g/mol. The Morgan fingerprint density at radius 3 is 3.27 bits per heavy atom. The van der Waals surface area contributed by atoms with Crippen LogP contribution in [0.25, 0.3) is 10.9 Å². The molecule has 11 heavy (non-hydrogen) atoms. The SMILES string of the molecule is O=c1[nH]cnc2c[c]ccc12. The van der Waals surface area contributed by atoms with Gasteiger partial charge < -0.3 is 4.98 Å². The first-order valence-corrected chi connectivity index (χ1v) is 3.21. The van der Waals surface area contributed by atoms with Crippen molar-refractivity contribution in [2.24, 2.45) is 0 Å². The Morgan fingerprint density at radius 1 is 1.55 bits per heavy atom. The Labute approximate surface area is 62.7 Å². The van der Waals surface area contributed by atoms with Crippen molar-refractivity contribution in [3.05, 3.63) is 40.9 Å². The molecular formula is C8H5N2O. The third-order valence-electron chi connectivity index (χ3n) is 1.49. The van der Waals surface area contributed by atoms with Crippen molar-refractivity contribution in [3.63, 3.8) is 0 Å². The highest BCUT2D eigenvalue weighted by molar-refractivity contribution is 5.76. The second kappa shape index (κ2) is 2.20. The van der Waals surface area contributed by atoms with Crippen LogP contribution in [0.3, 0.4) is 0 Å². The molecule has 0 aliphatic carbocycles. The first kappa shape index (κ1) is 6.09. The zero-order valence-corrected chi connectivity index (χ0v) is 5.66. The van der Waals surface area contributed by atoms with Crippen LogP contribution in [0, 0.1) is 6.07 Å². The van der Waals surface area contributed by atoms with Gasteiger partial charge in [0.15, 0.2) is 0 Å². The van der Waals surface area contributed by atoms with Gasteiger partial charge in [-0.2, -0.15) is 0 Å². The summed E-state index contributed by atoms with van der Waals surface area (Å²) in [6.45, 7) is 0. The van der Waals surface area contributed by atoms with E-state index in [2.05, 4.69) is 16.0 Å². The maximum Gasteiger partial charge on any atom is 0.258 e. The van der Waals surface area contributed by atoms with Gasteiger partial charge in [0.25, 0.3) is 5.56 Å². The number of rotatable bonds is 0. The van der Waals surface area contributed by atoms with E-state index in [9.17, 15) is 4.79 Å². The summed E-state index contributed by atoms with van der Waals surface area (Å²) in [6, 6.07) is 7.92. The van der Waals surface area contributed by atoms with Gasteiger partial charge in [0.1, 0.15) is 0 Å². The molecule has 0 bridgehead atoms. The van der Waals surface area contributed by atoms with Crippen molar-refractivity contribution < 1.29 is 0 Å². The summed E-state index contributed by atoms with van der Waals surface area (Å²) in [5.74, 6) is 0. The largest absolute Gasteiger partial charge is 0.313 e. The number of H-pyrrole nitrogens is 1. The highest BCUT2D eigenvalue weighted by atomic mass is 16.1. The van der Waals surface area contributed by atoms with Gasteiger partial charge in [0.05, 0.1) is 17.2 Å². The number of fused-ring (bicyclic) bond motifs is 1. The van der Waals surface area contributed by atoms with Crippen molar-refractivity contribution >= 4 is 10.9 Å². The summed E-state index contributed by atoms with van der Waals surface area (Å²) in [5, 5.41) is 0.603. The predicted octanol–water partition coefficient (Wildman–Crippen LogP) is 0.723. The number of nitrogens with one attached hydrogen (secondary N) is 1. The minimum absolute atomic E-state index is 0.107. The standard InChI is InChI=1S/C8H5N2O/c11-8-6-3-1-2-4-7(6)9-5-10-8/h1,3-5H,(H,9,10,11). The maximum atomic E-state index is 11.1. The molecule has 0 unspecified atom stereocenters. The number of hydrogen-bond donors (Lipinski definition) is 1. The van der Waals surface area contributed by atoms with Gasteiger partial charge in [-0.1, -0.05) is 6.07 Å². The van der Waals surface area contributed by atoms with Gasteiger partial charge in [-0.05, 0) is 18.2 Å². The minimum atomic E-state index is -0.107. The average molecular weight is 145 g/mol. The lowest BCUT2D eigenvalue weighted by atomic mass is 10.2.